The van der Waals surface area contributed by atoms with Gasteiger partial charge in [-0.3, -0.25) is 9.59 Å². The highest BCUT2D eigenvalue weighted by Gasteiger charge is 2.23. The summed E-state index contributed by atoms with van der Waals surface area (Å²) in [6, 6.07) is -0.892. The maximum absolute atomic E-state index is 11.8. The number of likely N-dealkylation sites (tertiary alicyclic amines) is 1. The lowest BCUT2D eigenvalue weighted by atomic mass is 10.1. The van der Waals surface area contributed by atoms with E-state index in [4.69, 9.17) is 10.8 Å². The summed E-state index contributed by atoms with van der Waals surface area (Å²) in [6.07, 6.45) is 5.20. The number of hydrogen-bond donors (Lipinski definition) is 2. The highest BCUT2D eigenvalue weighted by atomic mass is 16.4. The Balaban J connectivity index is 2.46. The van der Waals surface area contributed by atoms with Gasteiger partial charge in [-0.15, -0.1) is 0 Å². The molecule has 0 aromatic heterocycles. The summed E-state index contributed by atoms with van der Waals surface area (Å²) >= 11 is 0. The molecule has 0 saturated carbocycles. The molecular formula is C11H20N2O3. The lowest BCUT2D eigenvalue weighted by Gasteiger charge is -2.26. The molecule has 16 heavy (non-hydrogen) atoms. The topological polar surface area (TPSA) is 83.6 Å². The van der Waals surface area contributed by atoms with Crippen molar-refractivity contribution in [1.82, 2.24) is 4.90 Å². The van der Waals surface area contributed by atoms with Crippen molar-refractivity contribution in [2.24, 2.45) is 5.73 Å². The van der Waals surface area contributed by atoms with Gasteiger partial charge < -0.3 is 15.7 Å². The van der Waals surface area contributed by atoms with Crippen LogP contribution in [0.3, 0.4) is 0 Å². The summed E-state index contributed by atoms with van der Waals surface area (Å²) in [7, 11) is 0. The number of hydrogen-bond acceptors (Lipinski definition) is 3. The van der Waals surface area contributed by atoms with Crippen molar-refractivity contribution in [3.8, 4) is 0 Å². The predicted octanol–water partition coefficient (Wildman–Crippen LogP) is 0.581. The standard InChI is InChI=1S/C11H20N2O3/c12-9(8-10(14)15)11(16)13-6-4-2-1-3-5-7-13/h9H,1-8,12H2,(H,14,15). The van der Waals surface area contributed by atoms with Crippen LogP contribution in [0.4, 0.5) is 0 Å². The van der Waals surface area contributed by atoms with Crippen LogP contribution in [0.5, 0.6) is 0 Å². The Kier molecular flexibility index (Phi) is 5.25. The molecule has 0 spiro atoms. The highest BCUT2D eigenvalue weighted by molar-refractivity contribution is 5.85. The Morgan fingerprint density at radius 2 is 1.62 bits per heavy atom. The van der Waals surface area contributed by atoms with E-state index >= 15 is 0 Å². The van der Waals surface area contributed by atoms with Crippen molar-refractivity contribution in [3.63, 3.8) is 0 Å². The number of carboxylic acids is 1. The molecule has 1 unspecified atom stereocenters. The molecule has 5 nitrogen and oxygen atoms in total. The van der Waals surface area contributed by atoms with Crippen molar-refractivity contribution in [1.29, 1.82) is 0 Å². The molecule has 0 aromatic rings. The molecule has 1 rings (SSSR count). The van der Waals surface area contributed by atoms with E-state index in [1.807, 2.05) is 0 Å². The summed E-state index contributed by atoms with van der Waals surface area (Å²) in [5.74, 6) is -1.24. The van der Waals surface area contributed by atoms with E-state index < -0.39 is 12.0 Å². The van der Waals surface area contributed by atoms with Crippen LogP contribution in [-0.4, -0.2) is 41.0 Å². The van der Waals surface area contributed by atoms with E-state index in [9.17, 15) is 9.59 Å². The third-order valence-corrected chi connectivity index (χ3v) is 2.88. The largest absolute Gasteiger partial charge is 0.481 e. The molecule has 1 saturated heterocycles. The molecule has 1 aliphatic rings. The van der Waals surface area contributed by atoms with E-state index in [0.29, 0.717) is 13.1 Å². The third-order valence-electron chi connectivity index (χ3n) is 2.88. The van der Waals surface area contributed by atoms with Gasteiger partial charge >= 0.3 is 5.97 Å². The smallest absolute Gasteiger partial charge is 0.305 e. The second kappa shape index (κ2) is 6.48. The van der Waals surface area contributed by atoms with Crippen LogP contribution in [0.2, 0.25) is 0 Å². The molecule has 1 heterocycles. The maximum Gasteiger partial charge on any atom is 0.305 e. The highest BCUT2D eigenvalue weighted by Crippen LogP contribution is 2.11. The molecule has 0 aliphatic carbocycles. The Morgan fingerprint density at radius 3 is 2.12 bits per heavy atom. The molecule has 1 atom stereocenters. The van der Waals surface area contributed by atoms with Gasteiger partial charge in [0.25, 0.3) is 0 Å². The molecular weight excluding hydrogens is 208 g/mol. The normalized spacial score (nSPS) is 19.7. The van der Waals surface area contributed by atoms with Crippen LogP contribution in [0.15, 0.2) is 0 Å². The van der Waals surface area contributed by atoms with Crippen LogP contribution >= 0.6 is 0 Å². The number of carboxylic acid groups (broad SMARTS) is 1. The lowest BCUT2D eigenvalue weighted by molar-refractivity contribution is -0.142. The van der Waals surface area contributed by atoms with Crippen LogP contribution in [0.25, 0.3) is 0 Å². The fourth-order valence-electron chi connectivity index (χ4n) is 1.98. The van der Waals surface area contributed by atoms with E-state index in [1.54, 1.807) is 4.90 Å². The number of aliphatic carboxylic acids is 1. The first-order valence-electron chi connectivity index (χ1n) is 5.87. The van der Waals surface area contributed by atoms with Crippen molar-refractivity contribution >= 4 is 11.9 Å². The Morgan fingerprint density at radius 1 is 1.12 bits per heavy atom. The monoisotopic (exact) mass is 228 g/mol. The molecule has 3 N–H and O–H groups in total. The van der Waals surface area contributed by atoms with E-state index in [1.165, 1.54) is 6.42 Å². The van der Waals surface area contributed by atoms with Crippen molar-refractivity contribution < 1.29 is 14.7 Å². The zero-order valence-electron chi connectivity index (χ0n) is 9.52. The van der Waals surface area contributed by atoms with Crippen molar-refractivity contribution in [3.05, 3.63) is 0 Å². The van der Waals surface area contributed by atoms with Crippen LogP contribution in [0.1, 0.15) is 38.5 Å². The molecule has 0 bridgehead atoms. The van der Waals surface area contributed by atoms with Gasteiger partial charge in [0, 0.05) is 13.1 Å². The fourth-order valence-corrected chi connectivity index (χ4v) is 1.98. The Bertz CT molecular complexity index is 248. The molecule has 1 fully saturated rings. The molecule has 0 radical (unpaired) electrons. The minimum absolute atomic E-state index is 0.218. The SMILES string of the molecule is NC(CC(=O)O)C(=O)N1CCCCCCC1. The summed E-state index contributed by atoms with van der Waals surface area (Å²) in [4.78, 5) is 24.0. The number of nitrogens with zero attached hydrogens (tertiary/aromatic N) is 1. The second-order valence-corrected chi connectivity index (χ2v) is 4.30. The average molecular weight is 228 g/mol. The second-order valence-electron chi connectivity index (χ2n) is 4.30. The van der Waals surface area contributed by atoms with E-state index in [0.717, 1.165) is 25.7 Å². The molecule has 1 amide bonds. The molecule has 1 aliphatic heterocycles. The van der Waals surface area contributed by atoms with Gasteiger partial charge in [0.05, 0.1) is 12.5 Å². The quantitative estimate of drug-likeness (QED) is 0.740. The zero-order valence-corrected chi connectivity index (χ0v) is 9.52. The minimum Gasteiger partial charge on any atom is -0.481 e. The first-order chi connectivity index (χ1) is 7.61. The molecule has 5 heteroatoms. The molecule has 0 aromatic carbocycles. The van der Waals surface area contributed by atoms with Gasteiger partial charge in [0.1, 0.15) is 0 Å². The number of carbonyl (C=O) groups excluding carboxylic acids is 1. The predicted molar refractivity (Wildman–Crippen MR) is 59.9 cm³/mol. The summed E-state index contributed by atoms with van der Waals surface area (Å²) in [5, 5.41) is 8.58. The Hall–Kier alpha value is -1.10. The van der Waals surface area contributed by atoms with Gasteiger partial charge in [-0.05, 0) is 12.8 Å². The first kappa shape index (κ1) is 13.0. The third kappa shape index (κ3) is 4.18. The van der Waals surface area contributed by atoms with Gasteiger partial charge in [-0.1, -0.05) is 19.3 Å². The number of carbonyl (C=O) groups is 2. The number of nitrogens with two attached hydrogens (primary N) is 1. The minimum atomic E-state index is -1.02. The van der Waals surface area contributed by atoms with Crippen molar-refractivity contribution in [2.45, 2.75) is 44.6 Å². The van der Waals surface area contributed by atoms with Crippen molar-refractivity contribution in [2.75, 3.05) is 13.1 Å². The van der Waals surface area contributed by atoms with Gasteiger partial charge in [0.15, 0.2) is 0 Å². The Labute approximate surface area is 95.6 Å². The van der Waals surface area contributed by atoms with Gasteiger partial charge in [-0.2, -0.15) is 0 Å². The number of rotatable bonds is 3. The summed E-state index contributed by atoms with van der Waals surface area (Å²) in [5.41, 5.74) is 5.57. The van der Waals surface area contributed by atoms with E-state index in [-0.39, 0.29) is 12.3 Å². The lowest BCUT2D eigenvalue weighted by Crippen LogP contribution is -2.45. The first-order valence-corrected chi connectivity index (χ1v) is 5.87. The summed E-state index contributed by atoms with van der Waals surface area (Å²) in [6.45, 7) is 1.43. The maximum atomic E-state index is 11.8. The summed E-state index contributed by atoms with van der Waals surface area (Å²) < 4.78 is 0. The molecule has 92 valence electrons. The van der Waals surface area contributed by atoms with Crippen LogP contribution in [0, 0.1) is 0 Å². The fraction of sp³-hybridized carbons (Fsp3) is 0.818. The zero-order chi connectivity index (χ0) is 12.0. The van der Waals surface area contributed by atoms with E-state index in [2.05, 4.69) is 0 Å². The van der Waals surface area contributed by atoms with Gasteiger partial charge in [-0.25, -0.2) is 0 Å². The van der Waals surface area contributed by atoms with Crippen LogP contribution in [-0.2, 0) is 9.59 Å². The average Bonchev–Trinajstić information content (AvgIpc) is 2.15. The van der Waals surface area contributed by atoms with Gasteiger partial charge in [0.2, 0.25) is 5.91 Å². The van der Waals surface area contributed by atoms with Crippen LogP contribution < -0.4 is 5.73 Å². The number of amides is 1.